The van der Waals surface area contributed by atoms with Gasteiger partial charge in [0.25, 0.3) is 5.91 Å². The van der Waals surface area contributed by atoms with Gasteiger partial charge in [-0.1, -0.05) is 0 Å². The zero-order valence-corrected chi connectivity index (χ0v) is 14.9. The van der Waals surface area contributed by atoms with Crippen LogP contribution >= 0.6 is 0 Å². The van der Waals surface area contributed by atoms with Gasteiger partial charge in [-0.2, -0.15) is 13.2 Å². The Bertz CT molecular complexity index is 579. The lowest BCUT2D eigenvalue weighted by Crippen LogP contribution is -2.53. The summed E-state index contributed by atoms with van der Waals surface area (Å²) in [5.74, 6) is 0.872. The van der Waals surface area contributed by atoms with Crippen LogP contribution in [0.5, 0.6) is 0 Å². The smallest absolute Gasteiger partial charge is 0.389 e. The first kappa shape index (κ1) is 20.1. The van der Waals surface area contributed by atoms with E-state index >= 15 is 0 Å². The number of nitrogens with one attached hydrogen (secondary N) is 1. The van der Waals surface area contributed by atoms with Crippen LogP contribution in [0.2, 0.25) is 0 Å². The van der Waals surface area contributed by atoms with Gasteiger partial charge in [0, 0.05) is 45.7 Å². The average Bonchev–Trinajstić information content (AvgIpc) is 3.14. The number of halogens is 3. The third-order valence-electron chi connectivity index (χ3n) is 4.06. The molecule has 0 bridgehead atoms. The number of piperazine rings is 1. The molecule has 1 saturated heterocycles. The molecule has 2 rings (SSSR count). The van der Waals surface area contributed by atoms with Gasteiger partial charge in [0.05, 0.1) is 6.26 Å². The minimum absolute atomic E-state index is 0.0812. The summed E-state index contributed by atoms with van der Waals surface area (Å²) < 4.78 is 41.6. The Morgan fingerprint density at radius 3 is 2.50 bits per heavy atom. The summed E-state index contributed by atoms with van der Waals surface area (Å²) in [7, 11) is 0. The molecule has 0 radical (unpaired) electrons. The van der Waals surface area contributed by atoms with E-state index in [2.05, 4.69) is 10.3 Å². The van der Waals surface area contributed by atoms with Crippen molar-refractivity contribution in [3.8, 4) is 0 Å². The summed E-state index contributed by atoms with van der Waals surface area (Å²) in [6, 6.07) is 3.32. The zero-order chi connectivity index (χ0) is 19.0. The van der Waals surface area contributed by atoms with Crippen LogP contribution in [-0.2, 0) is 0 Å². The number of hydrogen-bond acceptors (Lipinski definition) is 3. The Hall–Kier alpha value is -2.19. The molecule has 26 heavy (non-hydrogen) atoms. The van der Waals surface area contributed by atoms with Gasteiger partial charge >= 0.3 is 6.18 Å². The number of guanidine groups is 1. The predicted octanol–water partition coefficient (Wildman–Crippen LogP) is 2.74. The lowest BCUT2D eigenvalue weighted by Gasteiger charge is -2.36. The fourth-order valence-corrected chi connectivity index (χ4v) is 2.73. The second-order valence-electron chi connectivity index (χ2n) is 6.06. The number of rotatable bonds is 6. The maximum atomic E-state index is 12.3. The number of alkyl halides is 3. The second-order valence-corrected chi connectivity index (χ2v) is 6.06. The molecule has 1 aromatic heterocycles. The molecule has 0 aromatic carbocycles. The van der Waals surface area contributed by atoms with Crippen molar-refractivity contribution in [2.75, 3.05) is 39.3 Å². The molecule has 2 heterocycles. The molecule has 6 nitrogen and oxygen atoms in total. The molecule has 1 aliphatic heterocycles. The van der Waals surface area contributed by atoms with Crippen molar-refractivity contribution in [2.24, 2.45) is 4.99 Å². The Labute approximate surface area is 151 Å². The van der Waals surface area contributed by atoms with Crippen molar-refractivity contribution in [1.82, 2.24) is 15.1 Å². The standard InChI is InChI=1S/C17H25F3N4O2/c1-2-21-16(22-8-4-3-7-17(18,19)20)24-11-9-23(10-12-24)15(25)14-6-5-13-26-14/h5-6,13H,2-4,7-12H2,1H3,(H,21,22). The molecule has 1 fully saturated rings. The number of carbonyl (C=O) groups excluding carboxylic acids is 1. The number of furan rings is 1. The number of hydrogen-bond donors (Lipinski definition) is 1. The molecular weight excluding hydrogens is 349 g/mol. The number of amides is 1. The van der Waals surface area contributed by atoms with Gasteiger partial charge < -0.3 is 19.5 Å². The fourth-order valence-electron chi connectivity index (χ4n) is 2.73. The SMILES string of the molecule is CCNC(=NCCCCC(F)(F)F)N1CCN(C(=O)c2ccco2)CC1. The third kappa shape index (κ3) is 6.27. The summed E-state index contributed by atoms with van der Waals surface area (Å²) in [6.45, 7) is 5.27. The van der Waals surface area contributed by atoms with E-state index in [1.165, 1.54) is 6.26 Å². The number of nitrogens with zero attached hydrogens (tertiary/aromatic N) is 3. The average molecular weight is 374 g/mol. The molecule has 1 aromatic rings. The molecule has 9 heteroatoms. The highest BCUT2D eigenvalue weighted by atomic mass is 19.4. The molecule has 0 saturated carbocycles. The zero-order valence-electron chi connectivity index (χ0n) is 14.9. The van der Waals surface area contributed by atoms with Crippen LogP contribution in [0.3, 0.4) is 0 Å². The van der Waals surface area contributed by atoms with E-state index in [4.69, 9.17) is 4.42 Å². The van der Waals surface area contributed by atoms with E-state index in [0.717, 1.165) is 0 Å². The van der Waals surface area contributed by atoms with E-state index in [1.54, 1.807) is 17.0 Å². The first-order valence-electron chi connectivity index (χ1n) is 8.83. The quantitative estimate of drug-likeness (QED) is 0.473. The third-order valence-corrected chi connectivity index (χ3v) is 4.06. The molecule has 1 aliphatic rings. The number of aliphatic imine (C=N–C) groups is 1. The van der Waals surface area contributed by atoms with E-state index in [-0.39, 0.29) is 12.3 Å². The first-order chi connectivity index (χ1) is 12.4. The molecule has 0 spiro atoms. The molecule has 0 unspecified atom stereocenters. The highest BCUT2D eigenvalue weighted by Gasteiger charge is 2.26. The van der Waals surface area contributed by atoms with Crippen molar-refractivity contribution in [1.29, 1.82) is 0 Å². The van der Waals surface area contributed by atoms with Gasteiger partial charge in [0.15, 0.2) is 11.7 Å². The van der Waals surface area contributed by atoms with Crippen LogP contribution in [0.15, 0.2) is 27.8 Å². The fraction of sp³-hybridized carbons (Fsp3) is 0.647. The van der Waals surface area contributed by atoms with Gasteiger partial charge in [-0.3, -0.25) is 9.79 Å². The van der Waals surface area contributed by atoms with E-state index in [1.807, 2.05) is 11.8 Å². The van der Waals surface area contributed by atoms with Crippen LogP contribution in [0, 0.1) is 0 Å². The van der Waals surface area contributed by atoms with Gasteiger partial charge in [-0.05, 0) is 31.9 Å². The molecule has 146 valence electrons. The summed E-state index contributed by atoms with van der Waals surface area (Å²) in [5, 5.41) is 3.16. The van der Waals surface area contributed by atoms with Crippen molar-refractivity contribution in [3.05, 3.63) is 24.2 Å². The predicted molar refractivity (Wildman–Crippen MR) is 92.1 cm³/mol. The summed E-state index contributed by atoms with van der Waals surface area (Å²) in [6.07, 6.45) is -2.93. The monoisotopic (exact) mass is 374 g/mol. The van der Waals surface area contributed by atoms with Gasteiger partial charge in [0.1, 0.15) is 0 Å². The van der Waals surface area contributed by atoms with E-state index < -0.39 is 12.6 Å². The minimum atomic E-state index is -4.11. The largest absolute Gasteiger partial charge is 0.459 e. The van der Waals surface area contributed by atoms with E-state index in [0.29, 0.717) is 57.4 Å². The highest BCUT2D eigenvalue weighted by molar-refractivity contribution is 5.91. The maximum Gasteiger partial charge on any atom is 0.389 e. The van der Waals surface area contributed by atoms with Gasteiger partial charge in [0.2, 0.25) is 0 Å². The van der Waals surface area contributed by atoms with Crippen LogP contribution in [0.1, 0.15) is 36.7 Å². The molecule has 0 aliphatic carbocycles. The van der Waals surface area contributed by atoms with Crippen LogP contribution in [-0.4, -0.2) is 67.1 Å². The van der Waals surface area contributed by atoms with Gasteiger partial charge in [-0.15, -0.1) is 0 Å². The Kier molecular flexibility index (Phi) is 7.35. The lowest BCUT2D eigenvalue weighted by molar-refractivity contribution is -0.135. The van der Waals surface area contributed by atoms with Crippen molar-refractivity contribution < 1.29 is 22.4 Å². The summed E-state index contributed by atoms with van der Waals surface area (Å²) in [4.78, 5) is 20.4. The van der Waals surface area contributed by atoms with Crippen molar-refractivity contribution >= 4 is 11.9 Å². The molecule has 0 atom stereocenters. The normalized spacial score (nSPS) is 16.1. The first-order valence-corrected chi connectivity index (χ1v) is 8.83. The molecular formula is C17H25F3N4O2. The molecule has 1 amide bonds. The van der Waals surface area contributed by atoms with Crippen molar-refractivity contribution in [3.63, 3.8) is 0 Å². The van der Waals surface area contributed by atoms with Crippen molar-refractivity contribution in [2.45, 2.75) is 32.4 Å². The van der Waals surface area contributed by atoms with Crippen LogP contribution in [0.25, 0.3) is 0 Å². The highest BCUT2D eigenvalue weighted by Crippen LogP contribution is 2.22. The molecule has 1 N–H and O–H groups in total. The van der Waals surface area contributed by atoms with E-state index in [9.17, 15) is 18.0 Å². The Balaban J connectivity index is 1.81. The maximum absolute atomic E-state index is 12.3. The summed E-state index contributed by atoms with van der Waals surface area (Å²) in [5.41, 5.74) is 0. The number of carbonyl (C=O) groups is 1. The van der Waals surface area contributed by atoms with Gasteiger partial charge in [-0.25, -0.2) is 0 Å². The minimum Gasteiger partial charge on any atom is -0.459 e. The van der Waals surface area contributed by atoms with Crippen LogP contribution in [0.4, 0.5) is 13.2 Å². The second kappa shape index (κ2) is 9.49. The van der Waals surface area contributed by atoms with Crippen LogP contribution < -0.4 is 5.32 Å². The Morgan fingerprint density at radius 1 is 1.23 bits per heavy atom. The summed E-state index contributed by atoms with van der Waals surface area (Å²) >= 11 is 0. The number of unbranched alkanes of at least 4 members (excludes halogenated alkanes) is 1. The topological polar surface area (TPSA) is 61.1 Å². The lowest BCUT2D eigenvalue weighted by atomic mass is 10.2. The Morgan fingerprint density at radius 2 is 1.92 bits per heavy atom.